The van der Waals surface area contributed by atoms with Crippen LogP contribution in [0.4, 0.5) is 0 Å². The minimum atomic E-state index is -4.21. The van der Waals surface area contributed by atoms with E-state index >= 15 is 0 Å². The molecule has 1 aliphatic rings. The first-order valence-corrected chi connectivity index (χ1v) is 13.1. The minimum absolute atomic E-state index is 0.00544. The fourth-order valence-corrected chi connectivity index (χ4v) is 5.74. The van der Waals surface area contributed by atoms with E-state index in [-0.39, 0.29) is 31.3 Å². The maximum Gasteiger partial charge on any atom is 0.476 e. The highest BCUT2D eigenvalue weighted by atomic mass is 32.2. The summed E-state index contributed by atoms with van der Waals surface area (Å²) in [7, 11) is -4.21. The van der Waals surface area contributed by atoms with Crippen molar-refractivity contribution in [2.24, 2.45) is 0 Å². The summed E-state index contributed by atoms with van der Waals surface area (Å²) in [6, 6.07) is 0. The van der Waals surface area contributed by atoms with Gasteiger partial charge in [-0.1, -0.05) is 0 Å². The molecule has 0 aromatic heterocycles. The molecule has 32 heavy (non-hydrogen) atoms. The molecular formula is C17H26NO11PS2. The van der Waals surface area contributed by atoms with Gasteiger partial charge in [-0.05, 0) is 6.42 Å². The lowest BCUT2D eigenvalue weighted by atomic mass is 10.3. The molecule has 0 aromatic rings. The predicted molar refractivity (Wildman–Crippen MR) is 116 cm³/mol. The predicted octanol–water partition coefficient (Wildman–Crippen LogP) is 1.19. The topological polar surface area (TPSA) is 177 Å². The summed E-state index contributed by atoms with van der Waals surface area (Å²) in [6.07, 6.45) is 2.34. The number of phosphoric ester groups is 1. The van der Waals surface area contributed by atoms with Gasteiger partial charge in [-0.25, -0.2) is 4.57 Å². The Morgan fingerprint density at radius 3 is 2.19 bits per heavy atom. The molecule has 0 radical (unpaired) electrons. The highest BCUT2D eigenvalue weighted by Crippen LogP contribution is 2.49. The summed E-state index contributed by atoms with van der Waals surface area (Å²) in [5.74, 6) is -1.90. The third-order valence-corrected chi connectivity index (χ3v) is 7.79. The van der Waals surface area contributed by atoms with Crippen molar-refractivity contribution in [3.63, 3.8) is 0 Å². The molecule has 2 unspecified atom stereocenters. The van der Waals surface area contributed by atoms with Crippen LogP contribution in [0.25, 0.3) is 0 Å². The highest BCUT2D eigenvalue weighted by Gasteiger charge is 2.32. The average molecular weight is 515 g/mol. The lowest BCUT2D eigenvalue weighted by Gasteiger charge is -2.22. The van der Waals surface area contributed by atoms with E-state index in [2.05, 4.69) is 0 Å². The standard InChI is InChI=1S/C17H26NO11PS2/c19-6-8-28-30(26,29-12-18-14(20)1-2-15(18)21)27-7-3-13(32-10-5-17(24)25)11-31-9-4-16(22)23/h1-2,13,19H,3-12H2,(H,22,23)(H,24,25). The summed E-state index contributed by atoms with van der Waals surface area (Å²) in [5.41, 5.74) is 0. The Bertz CT molecular complexity index is 715. The van der Waals surface area contributed by atoms with Crippen molar-refractivity contribution in [1.82, 2.24) is 4.90 Å². The van der Waals surface area contributed by atoms with Gasteiger partial charge in [-0.3, -0.25) is 37.6 Å². The Hall–Kier alpha value is -1.41. The van der Waals surface area contributed by atoms with E-state index in [9.17, 15) is 23.7 Å². The number of hydrogen-bond donors (Lipinski definition) is 3. The molecule has 12 nitrogen and oxygen atoms in total. The second kappa shape index (κ2) is 15.4. The maximum absolute atomic E-state index is 12.8. The number of aliphatic hydroxyl groups excluding tert-OH is 1. The molecule has 15 heteroatoms. The zero-order valence-electron chi connectivity index (χ0n) is 17.1. The number of carbonyl (C=O) groups is 4. The number of amides is 2. The van der Waals surface area contributed by atoms with Crippen molar-refractivity contribution >= 4 is 55.1 Å². The number of thioether (sulfide) groups is 2. The minimum Gasteiger partial charge on any atom is -0.481 e. The van der Waals surface area contributed by atoms with E-state index in [1.54, 1.807) is 0 Å². The first-order chi connectivity index (χ1) is 15.2. The second-order valence-electron chi connectivity index (χ2n) is 6.18. The molecule has 0 aromatic carbocycles. The second-order valence-corrected chi connectivity index (χ2v) is 10.4. The molecule has 1 rings (SSSR count). The normalized spacial score (nSPS) is 16.3. The molecule has 2 atom stereocenters. The molecule has 2 amide bonds. The van der Waals surface area contributed by atoms with Gasteiger partial charge in [-0.15, -0.1) is 0 Å². The number of carboxylic acids is 2. The van der Waals surface area contributed by atoms with Crippen molar-refractivity contribution in [1.29, 1.82) is 0 Å². The Morgan fingerprint density at radius 2 is 1.59 bits per heavy atom. The van der Waals surface area contributed by atoms with Gasteiger partial charge in [0.1, 0.15) is 6.73 Å². The number of carbonyl (C=O) groups excluding carboxylic acids is 2. The molecule has 0 saturated carbocycles. The number of aliphatic carboxylic acids is 2. The van der Waals surface area contributed by atoms with Crippen molar-refractivity contribution in [2.45, 2.75) is 24.5 Å². The third-order valence-electron chi connectivity index (χ3n) is 3.71. The Balaban J connectivity index is 2.58. The lowest BCUT2D eigenvalue weighted by Crippen LogP contribution is -2.32. The van der Waals surface area contributed by atoms with Gasteiger partial charge in [0.05, 0.1) is 32.7 Å². The van der Waals surface area contributed by atoms with Crippen LogP contribution in [0.2, 0.25) is 0 Å². The van der Waals surface area contributed by atoms with Crippen molar-refractivity contribution in [2.75, 3.05) is 43.8 Å². The monoisotopic (exact) mass is 515 g/mol. The van der Waals surface area contributed by atoms with Crippen LogP contribution in [0.1, 0.15) is 19.3 Å². The van der Waals surface area contributed by atoms with Gasteiger partial charge >= 0.3 is 19.8 Å². The number of carboxylic acid groups (broad SMARTS) is 2. The zero-order chi connectivity index (χ0) is 24.0. The number of imide groups is 1. The molecule has 0 spiro atoms. The van der Waals surface area contributed by atoms with Crippen LogP contribution in [-0.2, 0) is 37.3 Å². The maximum atomic E-state index is 12.8. The molecule has 1 heterocycles. The van der Waals surface area contributed by atoms with Gasteiger partial charge in [0.25, 0.3) is 11.8 Å². The third kappa shape index (κ3) is 12.0. The largest absolute Gasteiger partial charge is 0.481 e. The quantitative estimate of drug-likeness (QED) is 0.127. The molecule has 0 saturated heterocycles. The Morgan fingerprint density at radius 1 is 1.00 bits per heavy atom. The van der Waals surface area contributed by atoms with Crippen molar-refractivity contribution in [3.8, 4) is 0 Å². The number of hydrogen-bond acceptors (Lipinski definition) is 11. The van der Waals surface area contributed by atoms with Gasteiger partial charge in [-0.2, -0.15) is 23.5 Å². The fraction of sp³-hybridized carbons (Fsp3) is 0.647. The van der Waals surface area contributed by atoms with Crippen LogP contribution in [0.5, 0.6) is 0 Å². The van der Waals surface area contributed by atoms with Crippen LogP contribution >= 0.6 is 31.3 Å². The molecular weight excluding hydrogens is 489 g/mol. The zero-order valence-corrected chi connectivity index (χ0v) is 19.6. The number of rotatable bonds is 19. The molecule has 0 aliphatic carbocycles. The highest BCUT2D eigenvalue weighted by molar-refractivity contribution is 8.03. The van der Waals surface area contributed by atoms with E-state index < -0.39 is 44.9 Å². The SMILES string of the molecule is O=C(O)CCSCC(CCOP(=O)(OCCO)OCN1C(=O)C=CC1=O)SCCC(=O)O. The van der Waals surface area contributed by atoms with Crippen LogP contribution in [0.15, 0.2) is 12.2 Å². The molecule has 3 N–H and O–H groups in total. The van der Waals surface area contributed by atoms with Gasteiger partial charge < -0.3 is 15.3 Å². The smallest absolute Gasteiger partial charge is 0.476 e. The fourth-order valence-electron chi connectivity index (χ4n) is 2.15. The summed E-state index contributed by atoms with van der Waals surface area (Å²) in [4.78, 5) is 45.2. The molecule has 0 fully saturated rings. The van der Waals surface area contributed by atoms with Crippen LogP contribution < -0.4 is 0 Å². The van der Waals surface area contributed by atoms with Crippen molar-refractivity contribution in [3.05, 3.63) is 12.2 Å². The molecule has 0 bridgehead atoms. The van der Waals surface area contributed by atoms with Crippen molar-refractivity contribution < 1.29 is 52.6 Å². The molecule has 182 valence electrons. The lowest BCUT2D eigenvalue weighted by molar-refractivity contribution is -0.141. The summed E-state index contributed by atoms with van der Waals surface area (Å²) < 4.78 is 28.1. The first-order valence-electron chi connectivity index (χ1n) is 9.48. The number of phosphoric acid groups is 1. The van der Waals surface area contributed by atoms with Gasteiger partial charge in [0.15, 0.2) is 0 Å². The summed E-state index contributed by atoms with van der Waals surface area (Å²) in [6.45, 7) is -1.60. The van der Waals surface area contributed by atoms with Gasteiger partial charge in [0, 0.05) is 34.7 Å². The molecule has 1 aliphatic heterocycles. The van der Waals surface area contributed by atoms with E-state index in [4.69, 9.17) is 28.9 Å². The van der Waals surface area contributed by atoms with Crippen LogP contribution in [0.3, 0.4) is 0 Å². The summed E-state index contributed by atoms with van der Waals surface area (Å²) in [5, 5.41) is 26.3. The average Bonchev–Trinajstić information content (AvgIpc) is 3.05. The van der Waals surface area contributed by atoms with E-state index in [0.29, 0.717) is 28.6 Å². The van der Waals surface area contributed by atoms with Gasteiger partial charge in [0.2, 0.25) is 0 Å². The Labute approximate surface area is 193 Å². The Kier molecular flexibility index (Phi) is 13.8. The van der Waals surface area contributed by atoms with E-state index in [1.165, 1.54) is 23.5 Å². The van der Waals surface area contributed by atoms with Crippen LogP contribution in [-0.4, -0.2) is 93.0 Å². The van der Waals surface area contributed by atoms with E-state index in [0.717, 1.165) is 12.2 Å². The number of aliphatic hydroxyl groups is 1. The van der Waals surface area contributed by atoms with Crippen LogP contribution in [0, 0.1) is 0 Å². The van der Waals surface area contributed by atoms with E-state index in [1.807, 2.05) is 0 Å². The first kappa shape index (κ1) is 28.6. The number of nitrogens with zero attached hydrogens (tertiary/aromatic N) is 1. The summed E-state index contributed by atoms with van der Waals surface area (Å²) >= 11 is 2.76.